The van der Waals surface area contributed by atoms with Gasteiger partial charge in [-0.05, 0) is 31.2 Å². The van der Waals surface area contributed by atoms with Crippen molar-refractivity contribution in [2.45, 2.75) is 19.3 Å². The molecule has 2 aliphatic rings. The molecule has 1 atom stereocenters. The van der Waals surface area contributed by atoms with E-state index >= 15 is 0 Å². The quantitative estimate of drug-likeness (QED) is 0.816. The minimum Gasteiger partial charge on any atom is -0.313 e. The molecule has 18 heavy (non-hydrogen) atoms. The van der Waals surface area contributed by atoms with Crippen molar-refractivity contribution in [3.63, 3.8) is 0 Å². The molecule has 1 saturated carbocycles. The molecule has 94 valence electrons. The molecule has 5 nitrogen and oxygen atoms in total. The minimum absolute atomic E-state index is 0.209. The number of carbonyl (C=O) groups excluding carboxylic acids is 2. The number of aromatic nitrogens is 1. The Morgan fingerprint density at radius 2 is 2.22 bits per heavy atom. The lowest BCUT2D eigenvalue weighted by Gasteiger charge is -2.17. The Morgan fingerprint density at radius 3 is 2.94 bits per heavy atom. The Morgan fingerprint density at radius 1 is 1.39 bits per heavy atom. The summed E-state index contributed by atoms with van der Waals surface area (Å²) in [7, 11) is 0. The van der Waals surface area contributed by atoms with Gasteiger partial charge in [0.1, 0.15) is 5.82 Å². The van der Waals surface area contributed by atoms with Crippen LogP contribution in [0.25, 0.3) is 0 Å². The molecule has 0 aromatic carbocycles. The maximum Gasteiger partial charge on any atom is 0.230 e. The van der Waals surface area contributed by atoms with Gasteiger partial charge in [-0.3, -0.25) is 9.59 Å². The average Bonchev–Trinajstić information content (AvgIpc) is 3.14. The summed E-state index contributed by atoms with van der Waals surface area (Å²) in [5.41, 5.74) is 0.822. The highest BCUT2D eigenvalue weighted by molar-refractivity contribution is 5.97. The van der Waals surface area contributed by atoms with Crippen molar-refractivity contribution in [2.75, 3.05) is 16.8 Å². The molecular weight excluding hydrogens is 230 g/mol. The summed E-state index contributed by atoms with van der Waals surface area (Å²) in [6.07, 6.45) is 5.53. The predicted molar refractivity (Wildman–Crippen MR) is 67.1 cm³/mol. The number of nitrogens with zero attached hydrogens (tertiary/aromatic N) is 2. The van der Waals surface area contributed by atoms with E-state index in [0.29, 0.717) is 18.1 Å². The van der Waals surface area contributed by atoms with Crippen LogP contribution in [0.2, 0.25) is 0 Å². The first kappa shape index (κ1) is 11.2. The molecule has 1 aromatic heterocycles. The van der Waals surface area contributed by atoms with E-state index in [1.807, 2.05) is 6.07 Å². The van der Waals surface area contributed by atoms with Gasteiger partial charge < -0.3 is 10.2 Å². The van der Waals surface area contributed by atoms with Crippen molar-refractivity contribution in [1.29, 1.82) is 0 Å². The fraction of sp³-hybridized carbons (Fsp3) is 0.462. The average molecular weight is 245 g/mol. The van der Waals surface area contributed by atoms with E-state index in [-0.39, 0.29) is 11.8 Å². The molecule has 1 aromatic rings. The summed E-state index contributed by atoms with van der Waals surface area (Å²) in [5.74, 6) is 1.52. The van der Waals surface area contributed by atoms with Gasteiger partial charge >= 0.3 is 0 Å². The standard InChI is InChI=1S/C13H15N3O2/c17-8-15-12-7-10(3-5-14-12)16-6-4-11(13(16)18)9-1-2-9/h3,5,7-9,11H,1-2,4,6H2,(H,14,15,17). The van der Waals surface area contributed by atoms with Crippen LogP contribution in [-0.2, 0) is 9.59 Å². The Hall–Kier alpha value is -1.91. The zero-order valence-corrected chi connectivity index (χ0v) is 10.0. The molecule has 1 aliphatic heterocycles. The molecule has 0 bridgehead atoms. The third-order valence-corrected chi connectivity index (χ3v) is 3.70. The maximum atomic E-state index is 12.3. The molecule has 1 saturated heterocycles. The molecule has 2 heterocycles. The van der Waals surface area contributed by atoms with Crippen LogP contribution in [0, 0.1) is 11.8 Å². The lowest BCUT2D eigenvalue weighted by Crippen LogP contribution is -2.27. The molecule has 1 N–H and O–H groups in total. The zero-order valence-electron chi connectivity index (χ0n) is 10.0. The molecule has 0 spiro atoms. The van der Waals surface area contributed by atoms with Gasteiger partial charge in [0.2, 0.25) is 12.3 Å². The van der Waals surface area contributed by atoms with E-state index < -0.39 is 0 Å². The topological polar surface area (TPSA) is 62.3 Å². The van der Waals surface area contributed by atoms with Gasteiger partial charge in [0.15, 0.2) is 0 Å². The van der Waals surface area contributed by atoms with Crippen molar-refractivity contribution in [3.8, 4) is 0 Å². The molecule has 2 fully saturated rings. The highest BCUT2D eigenvalue weighted by Gasteiger charge is 2.42. The molecule has 3 rings (SSSR count). The highest BCUT2D eigenvalue weighted by atomic mass is 16.2. The third kappa shape index (κ3) is 1.96. The van der Waals surface area contributed by atoms with E-state index in [2.05, 4.69) is 10.3 Å². The number of carbonyl (C=O) groups is 2. The highest BCUT2D eigenvalue weighted by Crippen LogP contribution is 2.42. The number of pyridine rings is 1. The van der Waals surface area contributed by atoms with Crippen LogP contribution < -0.4 is 10.2 Å². The number of hydrogen-bond donors (Lipinski definition) is 1. The lowest BCUT2D eigenvalue weighted by atomic mass is 10.0. The second-order valence-corrected chi connectivity index (χ2v) is 4.88. The minimum atomic E-state index is 0.209. The summed E-state index contributed by atoms with van der Waals surface area (Å²) < 4.78 is 0. The van der Waals surface area contributed by atoms with Gasteiger partial charge in [0.05, 0.1) is 0 Å². The van der Waals surface area contributed by atoms with Crippen molar-refractivity contribution >= 4 is 23.8 Å². The van der Waals surface area contributed by atoms with Crippen molar-refractivity contribution < 1.29 is 9.59 Å². The number of amides is 2. The zero-order chi connectivity index (χ0) is 12.5. The van der Waals surface area contributed by atoms with Crippen LogP contribution in [0.4, 0.5) is 11.5 Å². The first-order chi connectivity index (χ1) is 8.79. The van der Waals surface area contributed by atoms with Crippen LogP contribution in [-0.4, -0.2) is 23.8 Å². The van der Waals surface area contributed by atoms with Crippen LogP contribution in [0.3, 0.4) is 0 Å². The molecule has 1 aliphatic carbocycles. The largest absolute Gasteiger partial charge is 0.313 e. The molecular formula is C13H15N3O2. The Labute approximate surface area is 105 Å². The Balaban J connectivity index is 1.80. The summed E-state index contributed by atoms with van der Waals surface area (Å²) in [6.45, 7) is 0.768. The maximum absolute atomic E-state index is 12.3. The van der Waals surface area contributed by atoms with E-state index in [4.69, 9.17) is 0 Å². The van der Waals surface area contributed by atoms with Crippen LogP contribution >= 0.6 is 0 Å². The fourth-order valence-electron chi connectivity index (χ4n) is 2.62. The normalized spacial score (nSPS) is 23.2. The van der Waals surface area contributed by atoms with Gasteiger partial charge in [0, 0.05) is 30.4 Å². The Kier molecular flexibility index (Phi) is 2.74. The number of rotatable bonds is 4. The van der Waals surface area contributed by atoms with Gasteiger partial charge in [-0.1, -0.05) is 0 Å². The van der Waals surface area contributed by atoms with Crippen molar-refractivity contribution in [2.24, 2.45) is 11.8 Å². The number of hydrogen-bond acceptors (Lipinski definition) is 3. The monoisotopic (exact) mass is 245 g/mol. The van der Waals surface area contributed by atoms with E-state index in [1.54, 1.807) is 17.2 Å². The van der Waals surface area contributed by atoms with E-state index in [1.165, 1.54) is 12.8 Å². The van der Waals surface area contributed by atoms with Gasteiger partial charge in [-0.25, -0.2) is 4.98 Å². The first-order valence-corrected chi connectivity index (χ1v) is 6.27. The van der Waals surface area contributed by atoms with Gasteiger partial charge in [0.25, 0.3) is 0 Å². The second kappa shape index (κ2) is 4.40. The summed E-state index contributed by atoms with van der Waals surface area (Å²) in [5, 5.41) is 2.50. The SMILES string of the molecule is O=CNc1cc(N2CCC(C3CC3)C2=O)ccn1. The van der Waals surface area contributed by atoms with Gasteiger partial charge in [-0.2, -0.15) is 0 Å². The molecule has 0 radical (unpaired) electrons. The number of anilines is 2. The van der Waals surface area contributed by atoms with Crippen LogP contribution in [0.15, 0.2) is 18.3 Å². The molecule has 1 unspecified atom stereocenters. The lowest BCUT2D eigenvalue weighted by molar-refractivity contribution is -0.120. The summed E-state index contributed by atoms with van der Waals surface area (Å²) >= 11 is 0. The summed E-state index contributed by atoms with van der Waals surface area (Å²) in [4.78, 5) is 28.5. The smallest absolute Gasteiger partial charge is 0.230 e. The summed E-state index contributed by atoms with van der Waals surface area (Å²) in [6, 6.07) is 3.55. The third-order valence-electron chi connectivity index (χ3n) is 3.70. The first-order valence-electron chi connectivity index (χ1n) is 6.27. The second-order valence-electron chi connectivity index (χ2n) is 4.88. The molecule has 2 amide bonds. The van der Waals surface area contributed by atoms with Crippen LogP contribution in [0.1, 0.15) is 19.3 Å². The van der Waals surface area contributed by atoms with E-state index in [9.17, 15) is 9.59 Å². The van der Waals surface area contributed by atoms with Crippen molar-refractivity contribution in [3.05, 3.63) is 18.3 Å². The number of nitrogens with one attached hydrogen (secondary N) is 1. The fourth-order valence-corrected chi connectivity index (χ4v) is 2.62. The predicted octanol–water partition coefficient (Wildman–Crippen LogP) is 1.41. The Bertz CT molecular complexity index is 485. The van der Waals surface area contributed by atoms with Gasteiger partial charge in [-0.15, -0.1) is 0 Å². The van der Waals surface area contributed by atoms with Crippen LogP contribution in [0.5, 0.6) is 0 Å². The molecule has 5 heteroatoms. The van der Waals surface area contributed by atoms with E-state index in [0.717, 1.165) is 18.7 Å². The van der Waals surface area contributed by atoms with Crippen molar-refractivity contribution in [1.82, 2.24) is 4.98 Å².